The van der Waals surface area contributed by atoms with E-state index in [2.05, 4.69) is 4.98 Å². The van der Waals surface area contributed by atoms with Crippen molar-refractivity contribution in [1.82, 2.24) is 9.88 Å². The third kappa shape index (κ3) is 4.87. The summed E-state index contributed by atoms with van der Waals surface area (Å²) in [6, 6.07) is 14.1. The van der Waals surface area contributed by atoms with E-state index in [1.807, 2.05) is 26.8 Å². The van der Waals surface area contributed by atoms with Crippen LogP contribution in [0.5, 0.6) is 5.75 Å². The van der Waals surface area contributed by atoms with Gasteiger partial charge in [-0.1, -0.05) is 39.0 Å². The number of benzene rings is 2. The molecule has 3 aromatic rings. The van der Waals surface area contributed by atoms with Gasteiger partial charge in [0.1, 0.15) is 17.3 Å². The zero-order valence-electron chi connectivity index (χ0n) is 20.8. The summed E-state index contributed by atoms with van der Waals surface area (Å²) < 4.78 is 18.8. The van der Waals surface area contributed by atoms with E-state index < -0.39 is 17.7 Å². The Morgan fingerprint density at radius 1 is 1.06 bits per heavy atom. The predicted octanol–water partition coefficient (Wildman–Crippen LogP) is 5.19. The maximum atomic E-state index is 13.3. The number of halogens is 1. The lowest BCUT2D eigenvalue weighted by atomic mass is 9.85. The highest BCUT2D eigenvalue weighted by Crippen LogP contribution is 2.41. The number of pyridine rings is 1. The molecule has 1 amide bonds. The summed E-state index contributed by atoms with van der Waals surface area (Å²) in [5.74, 6) is -1.71. The second kappa shape index (κ2) is 9.93. The van der Waals surface area contributed by atoms with Crippen molar-refractivity contribution in [2.75, 3.05) is 13.7 Å². The van der Waals surface area contributed by atoms with Gasteiger partial charge in [0, 0.05) is 18.9 Å². The van der Waals surface area contributed by atoms with Crippen LogP contribution in [-0.2, 0) is 21.4 Å². The van der Waals surface area contributed by atoms with Crippen molar-refractivity contribution < 1.29 is 23.8 Å². The van der Waals surface area contributed by atoms with Crippen LogP contribution in [0.3, 0.4) is 0 Å². The molecule has 0 bridgehead atoms. The minimum Gasteiger partial charge on any atom is -0.507 e. The van der Waals surface area contributed by atoms with Crippen LogP contribution in [0, 0.1) is 5.82 Å². The Bertz CT molecular complexity index is 1310. The number of hydrogen-bond acceptors (Lipinski definition) is 5. The average molecular weight is 489 g/mol. The lowest BCUT2D eigenvalue weighted by Gasteiger charge is -2.26. The number of amides is 1. The van der Waals surface area contributed by atoms with Crippen molar-refractivity contribution in [2.45, 2.75) is 38.6 Å². The Morgan fingerprint density at radius 2 is 1.72 bits per heavy atom. The fourth-order valence-corrected chi connectivity index (χ4v) is 4.41. The van der Waals surface area contributed by atoms with E-state index in [0.717, 1.165) is 11.1 Å². The van der Waals surface area contributed by atoms with Gasteiger partial charge in [0.15, 0.2) is 0 Å². The number of aromatic nitrogens is 1. The zero-order valence-corrected chi connectivity index (χ0v) is 20.8. The van der Waals surface area contributed by atoms with Crippen molar-refractivity contribution in [3.63, 3.8) is 0 Å². The van der Waals surface area contributed by atoms with Gasteiger partial charge in [-0.15, -0.1) is 0 Å². The molecule has 1 aliphatic heterocycles. The molecule has 6 nitrogen and oxygen atoms in total. The third-order valence-corrected chi connectivity index (χ3v) is 6.44. The first-order chi connectivity index (χ1) is 17.1. The van der Waals surface area contributed by atoms with E-state index in [9.17, 15) is 19.1 Å². The maximum absolute atomic E-state index is 13.3. The second-order valence-electron chi connectivity index (χ2n) is 9.81. The molecular formula is C29H29FN2O4. The van der Waals surface area contributed by atoms with Crippen molar-refractivity contribution >= 4 is 17.4 Å². The number of nitrogens with zero attached hydrogens (tertiary/aromatic N) is 2. The highest BCUT2D eigenvalue weighted by atomic mass is 19.1. The molecule has 0 aliphatic carbocycles. The Hall–Kier alpha value is -4.00. The van der Waals surface area contributed by atoms with Crippen LogP contribution < -0.4 is 4.74 Å². The molecule has 1 saturated heterocycles. The molecule has 186 valence electrons. The molecule has 1 unspecified atom stereocenters. The smallest absolute Gasteiger partial charge is 0.295 e. The monoisotopic (exact) mass is 488 g/mol. The first-order valence-electron chi connectivity index (χ1n) is 11.7. The number of ether oxygens (including phenoxy) is 1. The normalized spacial score (nSPS) is 17.5. The summed E-state index contributed by atoms with van der Waals surface area (Å²) >= 11 is 0. The summed E-state index contributed by atoms with van der Waals surface area (Å²) in [4.78, 5) is 32.1. The number of carbonyl (C=O) groups is 2. The molecule has 2 aromatic carbocycles. The van der Waals surface area contributed by atoms with Crippen molar-refractivity contribution in [3.8, 4) is 5.75 Å². The Kier molecular flexibility index (Phi) is 6.93. The molecule has 2 heterocycles. The van der Waals surface area contributed by atoms with E-state index in [4.69, 9.17) is 4.74 Å². The highest BCUT2D eigenvalue weighted by Gasteiger charge is 2.46. The van der Waals surface area contributed by atoms with Crippen LogP contribution in [0.2, 0.25) is 0 Å². The van der Waals surface area contributed by atoms with Gasteiger partial charge < -0.3 is 14.7 Å². The van der Waals surface area contributed by atoms with Crippen LogP contribution in [-0.4, -0.2) is 40.3 Å². The molecule has 0 spiro atoms. The van der Waals surface area contributed by atoms with Crippen molar-refractivity contribution in [1.29, 1.82) is 0 Å². The first-order valence-corrected chi connectivity index (χ1v) is 11.7. The number of Topliss-reactive ketones (excluding diaryl/α,β-unsaturated/α-hetero) is 1. The van der Waals surface area contributed by atoms with E-state index in [0.29, 0.717) is 23.3 Å². The third-order valence-electron chi connectivity index (χ3n) is 6.44. The molecule has 1 aliphatic rings. The molecular weight excluding hydrogens is 459 g/mol. The Labute approximate surface area is 210 Å². The van der Waals surface area contributed by atoms with Crippen LogP contribution in [0.25, 0.3) is 5.76 Å². The van der Waals surface area contributed by atoms with Crippen LogP contribution in [0.4, 0.5) is 4.39 Å². The quantitative estimate of drug-likeness (QED) is 0.293. The predicted molar refractivity (Wildman–Crippen MR) is 135 cm³/mol. The lowest BCUT2D eigenvalue weighted by Crippen LogP contribution is -2.31. The number of aliphatic hydroxyl groups is 1. The summed E-state index contributed by atoms with van der Waals surface area (Å²) in [7, 11) is 1.49. The van der Waals surface area contributed by atoms with Crippen LogP contribution >= 0.6 is 0 Å². The molecule has 1 fully saturated rings. The number of ketones is 1. The standard InChI is InChI=1S/C29H29FN2O4/c1-29(2,3)20-7-10-23(36-4)22(17-20)26(33)24-25(19-11-14-31-15-12-19)32(28(35)27(24)34)16-13-18-5-8-21(30)9-6-18/h5-12,14-15,17,25,33H,13,16H2,1-4H3/b26-24+. The molecule has 0 saturated carbocycles. The van der Waals surface area contributed by atoms with Gasteiger partial charge in [0.05, 0.1) is 24.3 Å². The van der Waals surface area contributed by atoms with E-state index >= 15 is 0 Å². The van der Waals surface area contributed by atoms with E-state index in [1.165, 1.54) is 24.1 Å². The highest BCUT2D eigenvalue weighted by molar-refractivity contribution is 6.46. The van der Waals surface area contributed by atoms with Gasteiger partial charge in [-0.3, -0.25) is 14.6 Å². The molecule has 1 atom stereocenters. The Balaban J connectivity index is 1.83. The van der Waals surface area contributed by atoms with Crippen molar-refractivity contribution in [2.24, 2.45) is 0 Å². The minimum absolute atomic E-state index is 0.00494. The second-order valence-corrected chi connectivity index (χ2v) is 9.81. The maximum Gasteiger partial charge on any atom is 0.295 e. The number of likely N-dealkylation sites (tertiary alicyclic amines) is 1. The van der Waals surface area contributed by atoms with Crippen molar-refractivity contribution in [3.05, 3.63) is 101 Å². The molecule has 0 radical (unpaired) electrons. The average Bonchev–Trinajstić information content (AvgIpc) is 3.12. The summed E-state index contributed by atoms with van der Waals surface area (Å²) in [6.45, 7) is 6.34. The van der Waals surface area contributed by atoms with Gasteiger partial charge in [-0.05, 0) is 64.9 Å². The van der Waals surface area contributed by atoms with E-state index in [1.54, 1.807) is 48.8 Å². The van der Waals surface area contributed by atoms with Gasteiger partial charge in [-0.25, -0.2) is 4.39 Å². The molecule has 7 heteroatoms. The molecule has 36 heavy (non-hydrogen) atoms. The fraction of sp³-hybridized carbons (Fsp3) is 0.276. The van der Waals surface area contributed by atoms with Gasteiger partial charge in [-0.2, -0.15) is 0 Å². The number of carbonyl (C=O) groups excluding carboxylic acids is 2. The number of hydrogen-bond donors (Lipinski definition) is 1. The largest absolute Gasteiger partial charge is 0.507 e. The number of aliphatic hydroxyl groups excluding tert-OH is 1. The molecule has 1 aromatic heterocycles. The minimum atomic E-state index is -0.809. The van der Waals surface area contributed by atoms with Crippen LogP contribution in [0.1, 0.15) is 49.1 Å². The number of methoxy groups -OCH3 is 1. The van der Waals surface area contributed by atoms with Gasteiger partial charge in [0.2, 0.25) is 0 Å². The number of rotatable bonds is 6. The van der Waals surface area contributed by atoms with E-state index in [-0.39, 0.29) is 29.1 Å². The zero-order chi connectivity index (χ0) is 26.0. The van der Waals surface area contributed by atoms with Gasteiger partial charge in [0.25, 0.3) is 11.7 Å². The lowest BCUT2D eigenvalue weighted by molar-refractivity contribution is -0.139. The van der Waals surface area contributed by atoms with Crippen LogP contribution in [0.15, 0.2) is 72.6 Å². The topological polar surface area (TPSA) is 79.7 Å². The SMILES string of the molecule is COc1ccc(C(C)(C)C)cc1/C(O)=C1\C(=O)C(=O)N(CCc2ccc(F)cc2)C1c1ccncc1. The van der Waals surface area contributed by atoms with Gasteiger partial charge >= 0.3 is 0 Å². The summed E-state index contributed by atoms with van der Waals surface area (Å²) in [5, 5.41) is 11.5. The summed E-state index contributed by atoms with van der Waals surface area (Å²) in [6.07, 6.45) is 3.57. The fourth-order valence-electron chi connectivity index (χ4n) is 4.41. The molecule has 4 rings (SSSR count). The summed E-state index contributed by atoms with van der Waals surface area (Å²) in [5.41, 5.74) is 2.54. The molecule has 1 N–H and O–H groups in total. The first kappa shape index (κ1) is 25.1. The Morgan fingerprint density at radius 3 is 2.33 bits per heavy atom.